The molecule has 0 amide bonds. The van der Waals surface area contributed by atoms with E-state index in [4.69, 9.17) is 30.8 Å². The zero-order valence-corrected chi connectivity index (χ0v) is 25.4. The van der Waals surface area contributed by atoms with E-state index in [2.05, 4.69) is 15.5 Å². The summed E-state index contributed by atoms with van der Waals surface area (Å²) in [4.78, 5) is 19.0. The van der Waals surface area contributed by atoms with E-state index in [-0.39, 0.29) is 23.8 Å². The molecule has 8 nitrogen and oxygen atoms in total. The summed E-state index contributed by atoms with van der Waals surface area (Å²) in [5.74, 6) is 2.39. The van der Waals surface area contributed by atoms with E-state index < -0.39 is 5.97 Å². The average Bonchev–Trinajstić information content (AvgIpc) is 3.75. The van der Waals surface area contributed by atoms with E-state index in [1.807, 2.05) is 24.3 Å². The summed E-state index contributed by atoms with van der Waals surface area (Å²) >= 11 is 6.19. The first-order valence-electron chi connectivity index (χ1n) is 15.1. The number of benzene rings is 3. The Kier molecular flexibility index (Phi) is 7.62. The normalized spacial score (nSPS) is 19.7. The van der Waals surface area contributed by atoms with Crippen LogP contribution in [0.4, 0.5) is 4.39 Å². The standard InChI is InChI=1S/C34H35ClFN3O5/c1-42-29-16-23(35)6-7-25(29)30-18-43-28-4-2-3-24(32(28)44-30)21-9-13-38(14-10-21)17-31-37-26-8-5-22(33(40)41)15-27(26)39(31)20-34(19-36)11-12-34/h2-8,15-16,21,30H,9-14,17-20H2,1H3,(H,40,41)/t30-/m1/s1. The lowest BCUT2D eigenvalue weighted by atomic mass is 9.88. The maximum Gasteiger partial charge on any atom is 0.335 e. The third-order valence-electron chi connectivity index (χ3n) is 9.40. The van der Waals surface area contributed by atoms with Crippen molar-refractivity contribution < 1.29 is 28.5 Å². The smallest absolute Gasteiger partial charge is 0.335 e. The summed E-state index contributed by atoms with van der Waals surface area (Å²) in [6.07, 6.45) is 3.24. The first-order chi connectivity index (χ1) is 21.4. The minimum absolute atomic E-state index is 0.213. The Morgan fingerprint density at radius 3 is 2.68 bits per heavy atom. The van der Waals surface area contributed by atoms with Gasteiger partial charge in [0.15, 0.2) is 17.6 Å². The Labute approximate surface area is 260 Å². The SMILES string of the molecule is COc1cc(Cl)ccc1[C@H]1COc2cccc(C3CCN(Cc4nc5ccc(C(=O)O)cc5n4CC4(CF)CC4)CC3)c2O1. The lowest BCUT2D eigenvalue weighted by Gasteiger charge is -2.35. The van der Waals surface area contributed by atoms with Gasteiger partial charge in [0.25, 0.3) is 0 Å². The molecule has 2 aliphatic heterocycles. The molecule has 3 aromatic carbocycles. The fourth-order valence-electron chi connectivity index (χ4n) is 6.59. The van der Waals surface area contributed by atoms with Crippen molar-refractivity contribution in [1.29, 1.82) is 0 Å². The predicted octanol–water partition coefficient (Wildman–Crippen LogP) is 7.04. The monoisotopic (exact) mass is 619 g/mol. The highest BCUT2D eigenvalue weighted by atomic mass is 35.5. The molecule has 1 aliphatic carbocycles. The summed E-state index contributed by atoms with van der Waals surface area (Å²) in [6, 6.07) is 16.7. The number of ether oxygens (including phenoxy) is 3. The lowest BCUT2D eigenvalue weighted by molar-refractivity contribution is 0.0697. The number of halogens is 2. The van der Waals surface area contributed by atoms with Crippen LogP contribution >= 0.6 is 11.6 Å². The van der Waals surface area contributed by atoms with Crippen LogP contribution in [0.2, 0.25) is 5.02 Å². The fourth-order valence-corrected chi connectivity index (χ4v) is 6.75. The van der Waals surface area contributed by atoms with Crippen LogP contribution in [-0.2, 0) is 13.1 Å². The minimum Gasteiger partial charge on any atom is -0.496 e. The highest BCUT2D eigenvalue weighted by Crippen LogP contribution is 2.49. The van der Waals surface area contributed by atoms with Crippen molar-refractivity contribution >= 4 is 28.6 Å². The van der Waals surface area contributed by atoms with Gasteiger partial charge in [0, 0.05) is 28.1 Å². The molecule has 0 radical (unpaired) electrons. The summed E-state index contributed by atoms with van der Waals surface area (Å²) in [5.41, 5.74) is 3.39. The van der Waals surface area contributed by atoms with Crippen molar-refractivity contribution in [3.63, 3.8) is 0 Å². The Morgan fingerprint density at radius 2 is 1.95 bits per heavy atom. The molecular weight excluding hydrogens is 585 g/mol. The molecule has 1 saturated carbocycles. The Hall–Kier alpha value is -3.82. The van der Waals surface area contributed by atoms with Crippen molar-refractivity contribution in [2.45, 2.75) is 50.8 Å². The Morgan fingerprint density at radius 1 is 1.14 bits per heavy atom. The van der Waals surface area contributed by atoms with E-state index >= 15 is 0 Å². The molecule has 1 aromatic heterocycles. The highest BCUT2D eigenvalue weighted by Gasteiger charge is 2.44. The largest absolute Gasteiger partial charge is 0.496 e. The number of rotatable bonds is 9. The number of carbonyl (C=O) groups is 1. The van der Waals surface area contributed by atoms with Crippen molar-refractivity contribution in [2.75, 3.05) is 33.5 Å². The van der Waals surface area contributed by atoms with Gasteiger partial charge in [-0.3, -0.25) is 9.29 Å². The summed E-state index contributed by atoms with van der Waals surface area (Å²) in [5, 5.41) is 10.2. The predicted molar refractivity (Wildman–Crippen MR) is 165 cm³/mol. The molecule has 3 aliphatic rings. The molecule has 3 heterocycles. The third kappa shape index (κ3) is 5.48. The molecule has 7 rings (SSSR count). The number of aromatic nitrogens is 2. The van der Waals surface area contributed by atoms with E-state index in [9.17, 15) is 14.3 Å². The Bertz CT molecular complexity index is 1710. The third-order valence-corrected chi connectivity index (χ3v) is 9.64. The van der Waals surface area contributed by atoms with Crippen LogP contribution in [0, 0.1) is 5.41 Å². The van der Waals surface area contributed by atoms with Gasteiger partial charge < -0.3 is 23.9 Å². The molecule has 0 spiro atoms. The Balaban J connectivity index is 1.09. The minimum atomic E-state index is -0.981. The van der Waals surface area contributed by atoms with Gasteiger partial charge in [0.2, 0.25) is 0 Å². The first-order valence-corrected chi connectivity index (χ1v) is 15.5. The number of alkyl halides is 1. The number of para-hydroxylation sites is 1. The van der Waals surface area contributed by atoms with Gasteiger partial charge in [-0.15, -0.1) is 0 Å². The number of fused-ring (bicyclic) bond motifs is 2. The average molecular weight is 620 g/mol. The topological polar surface area (TPSA) is 86.0 Å². The molecule has 0 bridgehead atoms. The van der Waals surface area contributed by atoms with Crippen molar-refractivity contribution in [3.05, 3.63) is 82.1 Å². The van der Waals surface area contributed by atoms with Crippen LogP contribution in [-0.4, -0.2) is 59.0 Å². The highest BCUT2D eigenvalue weighted by molar-refractivity contribution is 6.30. The molecule has 230 valence electrons. The van der Waals surface area contributed by atoms with Crippen LogP contribution in [0.15, 0.2) is 54.6 Å². The maximum absolute atomic E-state index is 14.0. The molecule has 1 saturated heterocycles. The molecule has 0 unspecified atom stereocenters. The van der Waals surface area contributed by atoms with Gasteiger partial charge in [-0.1, -0.05) is 23.7 Å². The zero-order chi connectivity index (χ0) is 30.4. The van der Waals surface area contributed by atoms with Crippen LogP contribution in [0.3, 0.4) is 0 Å². The van der Waals surface area contributed by atoms with Crippen LogP contribution in [0.1, 0.15) is 65.0 Å². The maximum atomic E-state index is 14.0. The summed E-state index contributed by atoms with van der Waals surface area (Å²) in [7, 11) is 1.62. The van der Waals surface area contributed by atoms with E-state index in [1.165, 1.54) is 0 Å². The van der Waals surface area contributed by atoms with Gasteiger partial charge in [-0.05, 0) is 87.2 Å². The first kappa shape index (κ1) is 28.9. The number of aromatic carboxylic acids is 1. The molecule has 10 heteroatoms. The second kappa shape index (κ2) is 11.6. The molecule has 2 fully saturated rings. The number of carboxylic acid groups (broad SMARTS) is 1. The van der Waals surface area contributed by atoms with Gasteiger partial charge in [-0.25, -0.2) is 9.78 Å². The number of hydrogen-bond donors (Lipinski definition) is 1. The van der Waals surface area contributed by atoms with Crippen LogP contribution in [0.25, 0.3) is 11.0 Å². The number of likely N-dealkylation sites (tertiary alicyclic amines) is 1. The van der Waals surface area contributed by atoms with Gasteiger partial charge in [0.05, 0.1) is 36.9 Å². The fraction of sp³-hybridized carbons (Fsp3) is 0.412. The van der Waals surface area contributed by atoms with Crippen LogP contribution < -0.4 is 14.2 Å². The quantitative estimate of drug-likeness (QED) is 0.215. The molecule has 4 aromatic rings. The second-order valence-corrected chi connectivity index (χ2v) is 12.7. The van der Waals surface area contributed by atoms with Gasteiger partial charge >= 0.3 is 5.97 Å². The zero-order valence-electron chi connectivity index (χ0n) is 24.6. The van der Waals surface area contributed by atoms with E-state index in [1.54, 1.807) is 31.4 Å². The summed E-state index contributed by atoms with van der Waals surface area (Å²) in [6.45, 7) is 2.86. The van der Waals surface area contributed by atoms with Crippen LogP contribution in [0.5, 0.6) is 17.2 Å². The van der Waals surface area contributed by atoms with E-state index in [0.29, 0.717) is 36.4 Å². The number of hydrogen-bond acceptors (Lipinski definition) is 6. The number of methoxy groups -OCH3 is 1. The lowest BCUT2D eigenvalue weighted by Crippen LogP contribution is -2.34. The van der Waals surface area contributed by atoms with Crippen molar-refractivity contribution in [2.24, 2.45) is 5.41 Å². The van der Waals surface area contributed by atoms with Gasteiger partial charge in [-0.2, -0.15) is 0 Å². The number of piperidine rings is 1. The number of nitrogens with zero attached hydrogens (tertiary/aromatic N) is 3. The van der Waals surface area contributed by atoms with E-state index in [0.717, 1.165) is 78.3 Å². The summed E-state index contributed by atoms with van der Waals surface area (Å²) < 4.78 is 34.4. The molecular formula is C34H35ClFN3O5. The van der Waals surface area contributed by atoms with Gasteiger partial charge in [0.1, 0.15) is 18.2 Å². The van der Waals surface area contributed by atoms with Crippen molar-refractivity contribution in [1.82, 2.24) is 14.5 Å². The molecule has 1 N–H and O–H groups in total. The number of imidazole rings is 1. The molecule has 44 heavy (non-hydrogen) atoms. The number of carboxylic acids is 1. The molecule has 1 atom stereocenters. The van der Waals surface area contributed by atoms with Crippen molar-refractivity contribution in [3.8, 4) is 17.2 Å². The second-order valence-electron chi connectivity index (χ2n) is 12.3.